The summed E-state index contributed by atoms with van der Waals surface area (Å²) >= 11 is 0. The predicted octanol–water partition coefficient (Wildman–Crippen LogP) is 2.56. The zero-order valence-corrected chi connectivity index (χ0v) is 9.99. The maximum atomic E-state index is 11.3. The van der Waals surface area contributed by atoms with E-state index in [1.165, 1.54) is 0 Å². The Morgan fingerprint density at radius 2 is 2.13 bits per heavy atom. The molecular formula is C13H22O2. The lowest BCUT2D eigenvalue weighted by atomic mass is 9.72. The van der Waals surface area contributed by atoms with E-state index in [2.05, 4.69) is 6.58 Å². The summed E-state index contributed by atoms with van der Waals surface area (Å²) in [6, 6.07) is 0. The van der Waals surface area contributed by atoms with Gasteiger partial charge < -0.3 is 5.11 Å². The van der Waals surface area contributed by atoms with Crippen LogP contribution < -0.4 is 0 Å². The van der Waals surface area contributed by atoms with Crippen molar-refractivity contribution in [2.75, 3.05) is 0 Å². The van der Waals surface area contributed by atoms with E-state index in [1.54, 1.807) is 6.92 Å². The van der Waals surface area contributed by atoms with Crippen molar-refractivity contribution >= 4 is 5.78 Å². The van der Waals surface area contributed by atoms with Crippen LogP contribution in [0.25, 0.3) is 0 Å². The molecule has 15 heavy (non-hydrogen) atoms. The summed E-state index contributed by atoms with van der Waals surface area (Å²) in [5.41, 5.74) is 1.12. The summed E-state index contributed by atoms with van der Waals surface area (Å²) in [7, 11) is 0. The van der Waals surface area contributed by atoms with Crippen LogP contribution in [0.1, 0.15) is 40.0 Å². The van der Waals surface area contributed by atoms with Crippen LogP contribution in [-0.4, -0.2) is 17.0 Å². The van der Waals surface area contributed by atoms with Gasteiger partial charge in [0.2, 0.25) is 0 Å². The molecule has 1 aliphatic rings. The molecule has 0 unspecified atom stereocenters. The quantitative estimate of drug-likeness (QED) is 0.727. The van der Waals surface area contributed by atoms with Crippen molar-refractivity contribution in [2.24, 2.45) is 17.8 Å². The van der Waals surface area contributed by atoms with Crippen molar-refractivity contribution in [1.29, 1.82) is 0 Å². The standard InChI is InChI=1S/C13H22O2/c1-8(2)13(15)12-7-11(10(4)14)6-5-9(12)3/h8,11-13,15H,3,5-7H2,1-2,4H3/t11-,12+,13+/m0/s1. The van der Waals surface area contributed by atoms with Crippen LogP contribution >= 0.6 is 0 Å². The fourth-order valence-electron chi connectivity index (χ4n) is 2.35. The van der Waals surface area contributed by atoms with Crippen molar-refractivity contribution in [3.63, 3.8) is 0 Å². The first kappa shape index (κ1) is 12.4. The molecule has 0 bridgehead atoms. The normalized spacial score (nSPS) is 29.3. The Labute approximate surface area is 92.4 Å². The lowest BCUT2D eigenvalue weighted by Gasteiger charge is -2.34. The summed E-state index contributed by atoms with van der Waals surface area (Å²) in [6.07, 6.45) is 2.24. The first-order valence-electron chi connectivity index (χ1n) is 5.79. The summed E-state index contributed by atoms with van der Waals surface area (Å²) in [6.45, 7) is 9.69. The highest BCUT2D eigenvalue weighted by Crippen LogP contribution is 2.36. The maximum absolute atomic E-state index is 11.3. The van der Waals surface area contributed by atoms with Crippen LogP contribution in [-0.2, 0) is 4.79 Å². The van der Waals surface area contributed by atoms with E-state index in [9.17, 15) is 9.90 Å². The first-order valence-corrected chi connectivity index (χ1v) is 5.79. The fourth-order valence-corrected chi connectivity index (χ4v) is 2.35. The van der Waals surface area contributed by atoms with E-state index in [1.807, 2.05) is 13.8 Å². The average Bonchev–Trinajstić information content (AvgIpc) is 2.16. The fraction of sp³-hybridized carbons (Fsp3) is 0.769. The highest BCUT2D eigenvalue weighted by Gasteiger charge is 2.32. The van der Waals surface area contributed by atoms with Crippen molar-refractivity contribution in [1.82, 2.24) is 0 Å². The van der Waals surface area contributed by atoms with Crippen LogP contribution in [0.2, 0.25) is 0 Å². The minimum absolute atomic E-state index is 0.118. The van der Waals surface area contributed by atoms with Crippen molar-refractivity contribution < 1.29 is 9.90 Å². The van der Waals surface area contributed by atoms with Crippen molar-refractivity contribution in [2.45, 2.75) is 46.1 Å². The topological polar surface area (TPSA) is 37.3 Å². The lowest BCUT2D eigenvalue weighted by molar-refractivity contribution is -0.122. The van der Waals surface area contributed by atoms with E-state index in [-0.39, 0.29) is 29.6 Å². The Kier molecular flexibility index (Phi) is 4.09. The van der Waals surface area contributed by atoms with Crippen LogP contribution in [0.15, 0.2) is 12.2 Å². The van der Waals surface area contributed by atoms with Gasteiger partial charge in [-0.2, -0.15) is 0 Å². The Morgan fingerprint density at radius 3 is 2.60 bits per heavy atom. The molecule has 0 aliphatic heterocycles. The molecule has 0 heterocycles. The molecule has 0 radical (unpaired) electrons. The Bertz CT molecular complexity index is 255. The Morgan fingerprint density at radius 1 is 1.53 bits per heavy atom. The highest BCUT2D eigenvalue weighted by atomic mass is 16.3. The SMILES string of the molecule is C=C1CC[C@H](C(C)=O)C[C@H]1[C@H](O)C(C)C. The molecule has 1 fully saturated rings. The molecule has 0 aromatic carbocycles. The second kappa shape index (κ2) is 4.93. The summed E-state index contributed by atoms with van der Waals surface area (Å²) < 4.78 is 0. The van der Waals surface area contributed by atoms with Crippen LogP contribution in [0, 0.1) is 17.8 Å². The number of rotatable bonds is 3. The molecule has 0 amide bonds. The van der Waals surface area contributed by atoms with Crippen LogP contribution in [0.3, 0.4) is 0 Å². The monoisotopic (exact) mass is 210 g/mol. The average molecular weight is 210 g/mol. The van der Waals surface area contributed by atoms with Gasteiger partial charge in [-0.25, -0.2) is 0 Å². The molecule has 0 saturated heterocycles. The lowest BCUT2D eigenvalue weighted by Crippen LogP contribution is -2.33. The molecule has 0 aromatic heterocycles. The third kappa shape index (κ3) is 2.91. The summed E-state index contributed by atoms with van der Waals surface area (Å²) in [5.74, 6) is 0.738. The molecule has 2 heteroatoms. The number of carbonyl (C=O) groups is 1. The molecule has 2 nitrogen and oxygen atoms in total. The number of hydrogen-bond donors (Lipinski definition) is 1. The highest BCUT2D eigenvalue weighted by molar-refractivity contribution is 5.78. The van der Waals surface area contributed by atoms with E-state index < -0.39 is 0 Å². The van der Waals surface area contributed by atoms with Gasteiger partial charge in [0.05, 0.1) is 6.10 Å². The molecular weight excluding hydrogens is 188 g/mol. The molecule has 0 spiro atoms. The number of aliphatic hydroxyl groups excluding tert-OH is 1. The minimum Gasteiger partial charge on any atom is -0.392 e. The molecule has 1 rings (SSSR count). The summed E-state index contributed by atoms with van der Waals surface area (Å²) in [4.78, 5) is 11.3. The maximum Gasteiger partial charge on any atom is 0.132 e. The Hall–Kier alpha value is -0.630. The van der Waals surface area contributed by atoms with E-state index in [0.29, 0.717) is 0 Å². The number of Topliss-reactive ketones (excluding diaryl/α,β-unsaturated/α-hetero) is 1. The van der Waals surface area contributed by atoms with Gasteiger partial charge in [0, 0.05) is 11.8 Å². The zero-order valence-electron chi connectivity index (χ0n) is 9.99. The molecule has 1 aliphatic carbocycles. The second-order valence-corrected chi connectivity index (χ2v) is 5.08. The van der Waals surface area contributed by atoms with Gasteiger partial charge >= 0.3 is 0 Å². The predicted molar refractivity (Wildman–Crippen MR) is 61.5 cm³/mol. The number of carbonyl (C=O) groups excluding carboxylic acids is 1. The number of aliphatic hydroxyl groups is 1. The third-order valence-electron chi connectivity index (χ3n) is 3.55. The van der Waals surface area contributed by atoms with Gasteiger partial charge in [0.25, 0.3) is 0 Å². The van der Waals surface area contributed by atoms with E-state index in [4.69, 9.17) is 0 Å². The molecule has 1 saturated carbocycles. The summed E-state index contributed by atoms with van der Waals surface area (Å²) in [5, 5.41) is 10.0. The first-order chi connectivity index (χ1) is 6.93. The Balaban J connectivity index is 2.69. The van der Waals surface area contributed by atoms with E-state index in [0.717, 1.165) is 24.8 Å². The van der Waals surface area contributed by atoms with E-state index >= 15 is 0 Å². The van der Waals surface area contributed by atoms with Gasteiger partial charge in [-0.05, 0) is 32.1 Å². The molecule has 3 atom stereocenters. The van der Waals surface area contributed by atoms with Crippen LogP contribution in [0.4, 0.5) is 0 Å². The van der Waals surface area contributed by atoms with Gasteiger partial charge in [0.1, 0.15) is 5.78 Å². The largest absolute Gasteiger partial charge is 0.392 e. The molecule has 1 N–H and O–H groups in total. The molecule has 86 valence electrons. The second-order valence-electron chi connectivity index (χ2n) is 5.08. The van der Waals surface area contributed by atoms with Crippen LogP contribution in [0.5, 0.6) is 0 Å². The van der Waals surface area contributed by atoms with Crippen molar-refractivity contribution in [3.05, 3.63) is 12.2 Å². The minimum atomic E-state index is -0.348. The smallest absolute Gasteiger partial charge is 0.132 e. The number of hydrogen-bond acceptors (Lipinski definition) is 2. The molecule has 0 aromatic rings. The van der Waals surface area contributed by atoms with Gasteiger partial charge in [0.15, 0.2) is 0 Å². The zero-order chi connectivity index (χ0) is 11.6. The van der Waals surface area contributed by atoms with Gasteiger partial charge in [-0.15, -0.1) is 0 Å². The van der Waals surface area contributed by atoms with Gasteiger partial charge in [-0.3, -0.25) is 4.79 Å². The number of ketones is 1. The van der Waals surface area contributed by atoms with Gasteiger partial charge in [-0.1, -0.05) is 26.0 Å². The third-order valence-corrected chi connectivity index (χ3v) is 3.55. The van der Waals surface area contributed by atoms with Crippen molar-refractivity contribution in [3.8, 4) is 0 Å².